The van der Waals surface area contributed by atoms with Crippen molar-refractivity contribution in [3.8, 4) is 0 Å². The van der Waals surface area contributed by atoms with E-state index in [0.29, 0.717) is 23.1 Å². The van der Waals surface area contributed by atoms with Gasteiger partial charge in [-0.3, -0.25) is 4.79 Å². The van der Waals surface area contributed by atoms with Gasteiger partial charge in [0.25, 0.3) is 0 Å². The molecular formula is C17H11BrFN3O. The number of halogens is 2. The average Bonchev–Trinajstić information content (AvgIpc) is 2.94. The van der Waals surface area contributed by atoms with Crippen LogP contribution in [0.15, 0.2) is 58.1 Å². The second kappa shape index (κ2) is 5.31. The van der Waals surface area contributed by atoms with Crippen LogP contribution in [0.3, 0.4) is 0 Å². The van der Waals surface area contributed by atoms with Crippen LogP contribution in [0.2, 0.25) is 0 Å². The monoisotopic (exact) mass is 371 g/mol. The molecule has 0 aliphatic carbocycles. The Hall–Kier alpha value is -2.47. The number of fused-ring (bicyclic) bond motifs is 2. The van der Waals surface area contributed by atoms with E-state index >= 15 is 0 Å². The number of pyridine rings is 1. The number of nitrogens with one attached hydrogen (secondary N) is 1. The lowest BCUT2D eigenvalue weighted by molar-refractivity contribution is 0.626. The molecule has 4 aromatic rings. The standard InChI is InChI=1S/C17H11BrFN3O/c18-11-3-6-14-13(7-11)16(23)15-17(21-14)22(9-20-15)8-10-1-4-12(19)5-2-10/h1-7,9H,8H2,(H,21,23). The Labute approximate surface area is 138 Å². The van der Waals surface area contributed by atoms with Crippen molar-refractivity contribution in [2.75, 3.05) is 0 Å². The van der Waals surface area contributed by atoms with Crippen LogP contribution in [0.25, 0.3) is 22.1 Å². The van der Waals surface area contributed by atoms with Crippen molar-refractivity contribution in [2.24, 2.45) is 0 Å². The SMILES string of the molecule is O=c1c2cc(Br)ccc2[nH]c2c1ncn2Cc1ccc(F)cc1. The highest BCUT2D eigenvalue weighted by Crippen LogP contribution is 2.19. The number of aromatic nitrogens is 3. The molecular weight excluding hydrogens is 361 g/mol. The van der Waals surface area contributed by atoms with E-state index in [1.165, 1.54) is 12.1 Å². The van der Waals surface area contributed by atoms with Crippen LogP contribution >= 0.6 is 15.9 Å². The second-order valence-corrected chi connectivity index (χ2v) is 6.26. The minimum absolute atomic E-state index is 0.104. The number of benzene rings is 2. The van der Waals surface area contributed by atoms with Gasteiger partial charge in [0.05, 0.1) is 18.4 Å². The summed E-state index contributed by atoms with van der Waals surface area (Å²) in [5.74, 6) is -0.269. The lowest BCUT2D eigenvalue weighted by Gasteiger charge is -2.06. The highest BCUT2D eigenvalue weighted by Gasteiger charge is 2.11. The number of rotatable bonds is 2. The predicted molar refractivity (Wildman–Crippen MR) is 91.1 cm³/mol. The zero-order valence-electron chi connectivity index (χ0n) is 11.9. The number of H-pyrrole nitrogens is 1. The van der Waals surface area contributed by atoms with E-state index in [9.17, 15) is 9.18 Å². The Morgan fingerprint density at radius 2 is 1.96 bits per heavy atom. The van der Waals surface area contributed by atoms with E-state index in [-0.39, 0.29) is 11.2 Å². The first-order valence-electron chi connectivity index (χ1n) is 7.02. The molecule has 114 valence electrons. The number of hydrogen-bond donors (Lipinski definition) is 1. The molecule has 4 rings (SSSR count). The molecule has 0 atom stereocenters. The van der Waals surface area contributed by atoms with Gasteiger partial charge in [0.2, 0.25) is 5.43 Å². The molecule has 2 aromatic carbocycles. The molecule has 0 spiro atoms. The molecule has 0 aliphatic rings. The quantitative estimate of drug-likeness (QED) is 0.582. The predicted octanol–water partition coefficient (Wildman–Crippen LogP) is 3.83. The van der Waals surface area contributed by atoms with E-state index in [1.54, 1.807) is 24.5 Å². The first-order valence-corrected chi connectivity index (χ1v) is 7.82. The molecule has 23 heavy (non-hydrogen) atoms. The Morgan fingerprint density at radius 1 is 1.17 bits per heavy atom. The van der Waals surface area contributed by atoms with Crippen LogP contribution < -0.4 is 5.43 Å². The van der Waals surface area contributed by atoms with Gasteiger partial charge in [0.1, 0.15) is 11.5 Å². The average molecular weight is 372 g/mol. The summed E-state index contributed by atoms with van der Waals surface area (Å²) in [4.78, 5) is 20.1. The van der Waals surface area contributed by atoms with Crippen LogP contribution in [0.5, 0.6) is 0 Å². The van der Waals surface area contributed by atoms with Crippen molar-refractivity contribution < 1.29 is 4.39 Å². The highest BCUT2D eigenvalue weighted by molar-refractivity contribution is 9.10. The maximum Gasteiger partial charge on any atom is 0.217 e. The number of nitrogens with zero attached hydrogens (tertiary/aromatic N) is 2. The molecule has 0 saturated heterocycles. The van der Waals surface area contributed by atoms with E-state index in [1.807, 2.05) is 16.7 Å². The van der Waals surface area contributed by atoms with Gasteiger partial charge in [-0.2, -0.15) is 0 Å². The molecule has 6 heteroatoms. The molecule has 0 fully saturated rings. The summed E-state index contributed by atoms with van der Waals surface area (Å²) in [6, 6.07) is 11.8. The van der Waals surface area contributed by atoms with E-state index in [4.69, 9.17) is 0 Å². The fourth-order valence-electron chi connectivity index (χ4n) is 2.65. The van der Waals surface area contributed by atoms with Crippen LogP contribution in [-0.2, 0) is 6.54 Å². The number of hydrogen-bond acceptors (Lipinski definition) is 2. The maximum absolute atomic E-state index is 13.0. The molecule has 2 aromatic heterocycles. The number of aromatic amines is 1. The largest absolute Gasteiger partial charge is 0.339 e. The normalized spacial score (nSPS) is 11.4. The highest BCUT2D eigenvalue weighted by atomic mass is 79.9. The van der Waals surface area contributed by atoms with Crippen molar-refractivity contribution in [2.45, 2.75) is 6.54 Å². The van der Waals surface area contributed by atoms with E-state index in [0.717, 1.165) is 15.6 Å². The summed E-state index contributed by atoms with van der Waals surface area (Å²) in [5, 5.41) is 0.596. The minimum atomic E-state index is -0.269. The van der Waals surface area contributed by atoms with Crippen molar-refractivity contribution in [3.63, 3.8) is 0 Å². The van der Waals surface area contributed by atoms with E-state index in [2.05, 4.69) is 25.9 Å². The topological polar surface area (TPSA) is 50.7 Å². The third-order valence-electron chi connectivity index (χ3n) is 3.80. The number of imidazole rings is 1. The molecule has 0 bridgehead atoms. The van der Waals surface area contributed by atoms with Gasteiger partial charge in [-0.15, -0.1) is 0 Å². The van der Waals surface area contributed by atoms with Crippen molar-refractivity contribution in [1.82, 2.24) is 14.5 Å². The van der Waals surface area contributed by atoms with Crippen LogP contribution in [0.1, 0.15) is 5.56 Å². The van der Waals surface area contributed by atoms with Crippen LogP contribution in [0.4, 0.5) is 4.39 Å². The summed E-state index contributed by atoms with van der Waals surface area (Å²) >= 11 is 3.38. The van der Waals surface area contributed by atoms with Crippen molar-refractivity contribution in [3.05, 3.63) is 74.9 Å². The summed E-state index contributed by atoms with van der Waals surface area (Å²) in [7, 11) is 0. The van der Waals surface area contributed by atoms with Crippen molar-refractivity contribution >= 4 is 38.0 Å². The van der Waals surface area contributed by atoms with Gasteiger partial charge in [-0.1, -0.05) is 28.1 Å². The Morgan fingerprint density at radius 3 is 2.74 bits per heavy atom. The molecule has 0 radical (unpaired) electrons. The van der Waals surface area contributed by atoms with Gasteiger partial charge < -0.3 is 9.55 Å². The second-order valence-electron chi connectivity index (χ2n) is 5.34. The van der Waals surface area contributed by atoms with E-state index < -0.39 is 0 Å². The first kappa shape index (κ1) is 14.1. The Bertz CT molecular complexity index is 1080. The summed E-state index contributed by atoms with van der Waals surface area (Å²) < 4.78 is 15.7. The third kappa shape index (κ3) is 2.45. The third-order valence-corrected chi connectivity index (χ3v) is 4.29. The molecule has 1 N–H and O–H groups in total. The first-order chi connectivity index (χ1) is 11.1. The minimum Gasteiger partial charge on any atom is -0.339 e. The molecule has 0 saturated carbocycles. The fraction of sp³-hybridized carbons (Fsp3) is 0.0588. The lowest BCUT2D eigenvalue weighted by atomic mass is 10.2. The molecule has 0 amide bonds. The summed E-state index contributed by atoms with van der Waals surface area (Å²) in [6.45, 7) is 0.509. The summed E-state index contributed by atoms with van der Waals surface area (Å²) in [5.41, 5.74) is 2.65. The van der Waals surface area contributed by atoms with Gasteiger partial charge in [0.15, 0.2) is 5.52 Å². The van der Waals surface area contributed by atoms with Gasteiger partial charge >= 0.3 is 0 Å². The van der Waals surface area contributed by atoms with Gasteiger partial charge in [0, 0.05) is 9.86 Å². The zero-order valence-corrected chi connectivity index (χ0v) is 13.5. The lowest BCUT2D eigenvalue weighted by Crippen LogP contribution is -2.06. The molecule has 2 heterocycles. The Balaban J connectivity index is 1.89. The van der Waals surface area contributed by atoms with Crippen LogP contribution in [0, 0.1) is 5.82 Å². The summed E-state index contributed by atoms with van der Waals surface area (Å²) in [6.07, 6.45) is 1.62. The molecule has 0 unspecified atom stereocenters. The van der Waals surface area contributed by atoms with Crippen molar-refractivity contribution in [1.29, 1.82) is 0 Å². The van der Waals surface area contributed by atoms with Gasteiger partial charge in [-0.05, 0) is 35.9 Å². The smallest absolute Gasteiger partial charge is 0.217 e. The Kier molecular flexibility index (Phi) is 3.27. The maximum atomic E-state index is 13.0. The molecule has 0 aliphatic heterocycles. The van der Waals surface area contributed by atoms with Crippen LogP contribution in [-0.4, -0.2) is 14.5 Å². The zero-order chi connectivity index (χ0) is 16.0. The van der Waals surface area contributed by atoms with Gasteiger partial charge in [-0.25, -0.2) is 9.37 Å². The fourth-order valence-corrected chi connectivity index (χ4v) is 3.02. The molecule has 4 nitrogen and oxygen atoms in total.